The normalized spacial score (nSPS) is 11.4. The van der Waals surface area contributed by atoms with Crippen molar-refractivity contribution in [2.45, 2.75) is 39.7 Å². The summed E-state index contributed by atoms with van der Waals surface area (Å²) in [5.41, 5.74) is 1.79. The first kappa shape index (κ1) is 13.6. The van der Waals surface area contributed by atoms with Crippen molar-refractivity contribution < 1.29 is 9.90 Å². The van der Waals surface area contributed by atoms with Crippen LogP contribution in [0.5, 0.6) is 0 Å². The van der Waals surface area contributed by atoms with Crippen molar-refractivity contribution in [3.8, 4) is 0 Å². The van der Waals surface area contributed by atoms with E-state index in [1.54, 1.807) is 6.07 Å². The van der Waals surface area contributed by atoms with Crippen LogP contribution in [0.3, 0.4) is 0 Å². The van der Waals surface area contributed by atoms with E-state index in [9.17, 15) is 4.79 Å². The quantitative estimate of drug-likeness (QED) is 0.834. The molecule has 0 aliphatic heterocycles. The van der Waals surface area contributed by atoms with Crippen molar-refractivity contribution in [2.24, 2.45) is 0 Å². The molecule has 0 unspecified atom stereocenters. The molecule has 0 atom stereocenters. The molecule has 17 heavy (non-hydrogen) atoms. The summed E-state index contributed by atoms with van der Waals surface area (Å²) in [5, 5.41) is 11.8. The van der Waals surface area contributed by atoms with E-state index >= 15 is 0 Å². The highest BCUT2D eigenvalue weighted by Gasteiger charge is 2.21. The lowest BCUT2D eigenvalue weighted by Crippen LogP contribution is -2.44. The van der Waals surface area contributed by atoms with Crippen molar-refractivity contribution in [3.05, 3.63) is 29.1 Å². The zero-order chi connectivity index (χ0) is 13.1. The Hall–Kier alpha value is -1.42. The zero-order valence-electron chi connectivity index (χ0n) is 10.9. The highest BCUT2D eigenvalue weighted by molar-refractivity contribution is 5.95. The van der Waals surface area contributed by atoms with Gasteiger partial charge < -0.3 is 10.4 Å². The lowest BCUT2D eigenvalue weighted by atomic mass is 10.0. The number of pyridine rings is 1. The van der Waals surface area contributed by atoms with E-state index < -0.39 is 5.54 Å². The van der Waals surface area contributed by atoms with Gasteiger partial charge in [0.25, 0.3) is 5.91 Å². The van der Waals surface area contributed by atoms with Crippen LogP contribution in [0.25, 0.3) is 0 Å². The predicted octanol–water partition coefficient (Wildman–Crippen LogP) is 1.59. The second-order valence-electron chi connectivity index (χ2n) is 4.90. The van der Waals surface area contributed by atoms with Crippen LogP contribution in [0.1, 0.15) is 42.0 Å². The van der Waals surface area contributed by atoms with Crippen LogP contribution >= 0.6 is 0 Å². The molecule has 0 aromatic carbocycles. The monoisotopic (exact) mass is 236 g/mol. The first-order chi connectivity index (χ1) is 7.85. The number of hydrogen-bond acceptors (Lipinski definition) is 3. The largest absolute Gasteiger partial charge is 0.396 e. The van der Waals surface area contributed by atoms with Crippen LogP contribution in [0.2, 0.25) is 0 Å². The summed E-state index contributed by atoms with van der Waals surface area (Å²) in [4.78, 5) is 16.3. The number of aryl methyl sites for hydroxylation is 2. The van der Waals surface area contributed by atoms with Gasteiger partial charge in [-0.15, -0.1) is 0 Å². The highest BCUT2D eigenvalue weighted by atomic mass is 16.3. The average molecular weight is 236 g/mol. The Morgan fingerprint density at radius 3 is 2.59 bits per heavy atom. The van der Waals surface area contributed by atoms with Crippen LogP contribution in [0.15, 0.2) is 12.1 Å². The standard InChI is InChI=1S/C13H20N2O2/c1-9-5-6-11(10(2)14-9)12(17)15-13(3,4)7-8-16/h5-6,16H,7-8H2,1-4H3,(H,15,17). The van der Waals surface area contributed by atoms with Gasteiger partial charge in [-0.2, -0.15) is 0 Å². The third-order valence-corrected chi connectivity index (χ3v) is 2.66. The summed E-state index contributed by atoms with van der Waals surface area (Å²) in [6.07, 6.45) is 0.525. The predicted molar refractivity (Wildman–Crippen MR) is 67.0 cm³/mol. The van der Waals surface area contributed by atoms with Crippen LogP contribution in [-0.2, 0) is 0 Å². The van der Waals surface area contributed by atoms with E-state index in [0.717, 1.165) is 11.4 Å². The van der Waals surface area contributed by atoms with Gasteiger partial charge in [-0.05, 0) is 46.2 Å². The fourth-order valence-electron chi connectivity index (χ4n) is 1.64. The molecule has 1 aromatic heterocycles. The molecule has 2 N–H and O–H groups in total. The Kier molecular flexibility index (Phi) is 4.23. The molecular weight excluding hydrogens is 216 g/mol. The van der Waals surface area contributed by atoms with Gasteiger partial charge in [0.15, 0.2) is 0 Å². The van der Waals surface area contributed by atoms with Gasteiger partial charge in [0.1, 0.15) is 0 Å². The van der Waals surface area contributed by atoms with Crippen molar-refractivity contribution in [2.75, 3.05) is 6.61 Å². The molecule has 4 heteroatoms. The van der Waals surface area contributed by atoms with E-state index in [1.807, 2.05) is 33.8 Å². The summed E-state index contributed by atoms with van der Waals surface area (Å²) in [6.45, 7) is 7.54. The molecular formula is C13H20N2O2. The van der Waals surface area contributed by atoms with Crippen molar-refractivity contribution in [3.63, 3.8) is 0 Å². The fourth-order valence-corrected chi connectivity index (χ4v) is 1.64. The van der Waals surface area contributed by atoms with E-state index in [2.05, 4.69) is 10.3 Å². The van der Waals surface area contributed by atoms with Gasteiger partial charge in [0, 0.05) is 17.8 Å². The minimum Gasteiger partial charge on any atom is -0.396 e. The van der Waals surface area contributed by atoms with Crippen molar-refractivity contribution in [1.29, 1.82) is 0 Å². The van der Waals surface area contributed by atoms with E-state index in [-0.39, 0.29) is 12.5 Å². The molecule has 0 aliphatic rings. The van der Waals surface area contributed by atoms with Crippen LogP contribution < -0.4 is 5.32 Å². The Morgan fingerprint density at radius 2 is 2.06 bits per heavy atom. The number of nitrogens with zero attached hydrogens (tertiary/aromatic N) is 1. The molecule has 0 bridgehead atoms. The highest BCUT2D eigenvalue weighted by Crippen LogP contribution is 2.11. The van der Waals surface area contributed by atoms with Gasteiger partial charge in [-0.3, -0.25) is 9.78 Å². The number of amides is 1. The smallest absolute Gasteiger partial charge is 0.253 e. The molecule has 1 amide bonds. The molecule has 0 fully saturated rings. The molecule has 1 heterocycles. The Balaban J connectivity index is 2.83. The van der Waals surface area contributed by atoms with Crippen molar-refractivity contribution >= 4 is 5.91 Å². The molecule has 1 aromatic rings. The van der Waals surface area contributed by atoms with Crippen molar-refractivity contribution in [1.82, 2.24) is 10.3 Å². The maximum absolute atomic E-state index is 12.0. The second-order valence-corrected chi connectivity index (χ2v) is 4.90. The maximum Gasteiger partial charge on any atom is 0.253 e. The number of rotatable bonds is 4. The van der Waals surface area contributed by atoms with E-state index in [0.29, 0.717) is 12.0 Å². The molecule has 0 radical (unpaired) electrons. The number of nitrogens with one attached hydrogen (secondary N) is 1. The zero-order valence-corrected chi connectivity index (χ0v) is 10.9. The minimum absolute atomic E-state index is 0.0540. The van der Waals surface area contributed by atoms with E-state index in [1.165, 1.54) is 0 Å². The molecule has 0 saturated carbocycles. The Labute approximate surface area is 102 Å². The fraction of sp³-hybridized carbons (Fsp3) is 0.538. The third-order valence-electron chi connectivity index (χ3n) is 2.66. The molecule has 1 rings (SSSR count). The minimum atomic E-state index is -0.414. The van der Waals surface area contributed by atoms with Gasteiger partial charge >= 0.3 is 0 Å². The first-order valence-corrected chi connectivity index (χ1v) is 5.73. The molecule has 0 aliphatic carbocycles. The van der Waals surface area contributed by atoms with Gasteiger partial charge in [-0.25, -0.2) is 0 Å². The molecule has 0 spiro atoms. The Morgan fingerprint density at radius 1 is 1.41 bits per heavy atom. The maximum atomic E-state index is 12.0. The SMILES string of the molecule is Cc1ccc(C(=O)NC(C)(C)CCO)c(C)n1. The Bertz CT molecular complexity index is 414. The summed E-state index contributed by atoms with van der Waals surface area (Å²) < 4.78 is 0. The van der Waals surface area contributed by atoms with Gasteiger partial charge in [-0.1, -0.05) is 0 Å². The topological polar surface area (TPSA) is 62.2 Å². The molecule has 0 saturated heterocycles. The summed E-state index contributed by atoms with van der Waals surface area (Å²) in [7, 11) is 0. The molecule has 94 valence electrons. The average Bonchev–Trinajstić information content (AvgIpc) is 2.15. The first-order valence-electron chi connectivity index (χ1n) is 5.73. The number of hydrogen-bond donors (Lipinski definition) is 2. The van der Waals surface area contributed by atoms with Crippen LogP contribution in [0, 0.1) is 13.8 Å². The summed E-state index contributed by atoms with van der Waals surface area (Å²) >= 11 is 0. The number of aliphatic hydroxyl groups is 1. The van der Waals surface area contributed by atoms with Crippen LogP contribution in [-0.4, -0.2) is 28.1 Å². The third kappa shape index (κ3) is 3.82. The summed E-state index contributed by atoms with van der Waals surface area (Å²) in [6, 6.07) is 3.60. The lowest BCUT2D eigenvalue weighted by Gasteiger charge is -2.25. The second kappa shape index (κ2) is 5.27. The number of carbonyl (C=O) groups is 1. The number of aliphatic hydroxyl groups excluding tert-OH is 1. The van der Waals surface area contributed by atoms with E-state index in [4.69, 9.17) is 5.11 Å². The number of carbonyl (C=O) groups excluding carboxylic acids is 1. The summed E-state index contributed by atoms with van der Waals surface area (Å²) in [5.74, 6) is -0.145. The van der Waals surface area contributed by atoms with Gasteiger partial charge in [0.2, 0.25) is 0 Å². The molecule has 4 nitrogen and oxygen atoms in total. The lowest BCUT2D eigenvalue weighted by molar-refractivity contribution is 0.0898. The van der Waals surface area contributed by atoms with Gasteiger partial charge in [0.05, 0.1) is 11.3 Å². The number of aromatic nitrogens is 1. The van der Waals surface area contributed by atoms with Crippen LogP contribution in [0.4, 0.5) is 0 Å².